The molecule has 0 spiro atoms. The molecule has 0 aliphatic carbocycles. The van der Waals surface area contributed by atoms with Crippen molar-refractivity contribution in [2.75, 3.05) is 18.5 Å². The van der Waals surface area contributed by atoms with Gasteiger partial charge in [-0.05, 0) is 25.5 Å². The third-order valence-electron chi connectivity index (χ3n) is 3.89. The Kier molecular flexibility index (Phi) is 4.87. The molecule has 2 N–H and O–H groups in total. The molecule has 0 bridgehead atoms. The molecule has 0 radical (unpaired) electrons. The maximum absolute atomic E-state index is 12.2. The highest BCUT2D eigenvalue weighted by atomic mass is 16.5. The second-order valence-electron chi connectivity index (χ2n) is 5.70. The lowest BCUT2D eigenvalue weighted by Gasteiger charge is -2.15. The molecule has 3 rings (SSSR count). The van der Waals surface area contributed by atoms with Gasteiger partial charge in [-0.2, -0.15) is 5.10 Å². The highest BCUT2D eigenvalue weighted by Crippen LogP contribution is 2.17. The van der Waals surface area contributed by atoms with Gasteiger partial charge in [0.1, 0.15) is 5.82 Å². The van der Waals surface area contributed by atoms with Crippen LogP contribution in [0.3, 0.4) is 0 Å². The second-order valence-corrected chi connectivity index (χ2v) is 5.70. The first-order chi connectivity index (χ1) is 11.2. The molecule has 2 aromatic heterocycles. The van der Waals surface area contributed by atoms with Gasteiger partial charge in [0, 0.05) is 31.3 Å². The summed E-state index contributed by atoms with van der Waals surface area (Å²) in [5.74, 6) is 1.13. The van der Waals surface area contributed by atoms with Gasteiger partial charge in [-0.1, -0.05) is 6.07 Å². The van der Waals surface area contributed by atoms with E-state index >= 15 is 0 Å². The highest BCUT2D eigenvalue weighted by molar-refractivity contribution is 5.88. The molecule has 0 saturated carbocycles. The number of urea groups is 1. The van der Waals surface area contributed by atoms with Crippen LogP contribution in [0.2, 0.25) is 0 Å². The summed E-state index contributed by atoms with van der Waals surface area (Å²) >= 11 is 0. The van der Waals surface area contributed by atoms with Crippen molar-refractivity contribution >= 4 is 11.8 Å². The van der Waals surface area contributed by atoms with E-state index in [-0.39, 0.29) is 12.1 Å². The summed E-state index contributed by atoms with van der Waals surface area (Å²) in [6, 6.07) is 6.98. The highest BCUT2D eigenvalue weighted by Gasteiger charge is 2.18. The minimum Gasteiger partial charge on any atom is -0.381 e. The zero-order valence-corrected chi connectivity index (χ0v) is 13.1. The molecule has 2 amide bonds. The maximum atomic E-state index is 12.2. The van der Waals surface area contributed by atoms with Crippen LogP contribution in [0.5, 0.6) is 0 Å². The number of nitrogens with zero attached hydrogens (tertiary/aromatic N) is 3. The number of hydrogen-bond acceptors (Lipinski definition) is 4. The quantitative estimate of drug-likeness (QED) is 0.886. The molecule has 2 aromatic rings. The van der Waals surface area contributed by atoms with Gasteiger partial charge in [0.25, 0.3) is 0 Å². The van der Waals surface area contributed by atoms with Crippen LogP contribution < -0.4 is 10.6 Å². The standard InChI is InChI=1S/C16H21N5O2/c1-12(14-4-2-3-7-17-14)19-16(22)20-15-5-8-18-21(15)10-13-6-9-23-11-13/h2-5,7-8,12-13H,6,9-11H2,1H3,(H2,19,20,22)/t12-,13+/m0/s1. The fourth-order valence-electron chi connectivity index (χ4n) is 2.61. The maximum Gasteiger partial charge on any atom is 0.320 e. The summed E-state index contributed by atoms with van der Waals surface area (Å²) in [7, 11) is 0. The van der Waals surface area contributed by atoms with Crippen LogP contribution in [0, 0.1) is 5.92 Å². The Balaban J connectivity index is 1.56. The Morgan fingerprint density at radius 2 is 2.35 bits per heavy atom. The summed E-state index contributed by atoms with van der Waals surface area (Å²) in [6.07, 6.45) is 4.43. The van der Waals surface area contributed by atoms with Crippen LogP contribution in [0.1, 0.15) is 25.1 Å². The molecule has 3 heterocycles. The predicted molar refractivity (Wildman–Crippen MR) is 86.0 cm³/mol. The van der Waals surface area contributed by atoms with E-state index in [0.29, 0.717) is 11.7 Å². The molecule has 23 heavy (non-hydrogen) atoms. The summed E-state index contributed by atoms with van der Waals surface area (Å²) in [5.41, 5.74) is 0.819. The Bertz CT molecular complexity index is 637. The van der Waals surface area contributed by atoms with Gasteiger partial charge in [0.05, 0.1) is 24.5 Å². The van der Waals surface area contributed by atoms with Crippen LogP contribution in [0.15, 0.2) is 36.7 Å². The van der Waals surface area contributed by atoms with Gasteiger partial charge in [-0.15, -0.1) is 0 Å². The summed E-state index contributed by atoms with van der Waals surface area (Å²) in [4.78, 5) is 16.4. The molecular weight excluding hydrogens is 294 g/mol. The fraction of sp³-hybridized carbons (Fsp3) is 0.438. The number of carbonyl (C=O) groups excluding carboxylic acids is 1. The SMILES string of the molecule is C[C@H](NC(=O)Nc1ccnn1C[C@H]1CCOC1)c1ccccn1. The average Bonchev–Trinajstić information content (AvgIpc) is 3.21. The molecule has 1 aliphatic heterocycles. The third-order valence-corrected chi connectivity index (χ3v) is 3.89. The lowest BCUT2D eigenvalue weighted by molar-refractivity contribution is 0.181. The normalized spacial score (nSPS) is 18.6. The Hall–Kier alpha value is -2.41. The summed E-state index contributed by atoms with van der Waals surface area (Å²) in [5, 5.41) is 10.0. The van der Waals surface area contributed by atoms with Gasteiger partial charge in [0.15, 0.2) is 0 Å². The van der Waals surface area contributed by atoms with Crippen LogP contribution in [-0.2, 0) is 11.3 Å². The third kappa shape index (κ3) is 4.07. The van der Waals surface area contributed by atoms with Crippen molar-refractivity contribution in [3.63, 3.8) is 0 Å². The van der Waals surface area contributed by atoms with Crippen molar-refractivity contribution in [2.45, 2.75) is 25.9 Å². The summed E-state index contributed by atoms with van der Waals surface area (Å²) < 4.78 is 7.19. The van der Waals surface area contributed by atoms with E-state index in [9.17, 15) is 4.79 Å². The first-order valence-corrected chi connectivity index (χ1v) is 7.80. The van der Waals surface area contributed by atoms with Crippen molar-refractivity contribution < 1.29 is 9.53 Å². The van der Waals surface area contributed by atoms with E-state index < -0.39 is 0 Å². The van der Waals surface area contributed by atoms with Gasteiger partial charge >= 0.3 is 6.03 Å². The number of amides is 2. The molecule has 1 fully saturated rings. The smallest absolute Gasteiger partial charge is 0.320 e. The number of nitrogens with one attached hydrogen (secondary N) is 2. The zero-order chi connectivity index (χ0) is 16.1. The van der Waals surface area contributed by atoms with E-state index in [4.69, 9.17) is 4.74 Å². The lowest BCUT2D eigenvalue weighted by atomic mass is 10.1. The number of rotatable bonds is 5. The molecule has 122 valence electrons. The first kappa shape index (κ1) is 15.5. The van der Waals surface area contributed by atoms with Crippen LogP contribution in [0.25, 0.3) is 0 Å². The fourth-order valence-corrected chi connectivity index (χ4v) is 2.61. The molecule has 0 unspecified atom stereocenters. The zero-order valence-electron chi connectivity index (χ0n) is 13.1. The monoisotopic (exact) mass is 315 g/mol. The molecule has 7 nitrogen and oxygen atoms in total. The van der Waals surface area contributed by atoms with Crippen molar-refractivity contribution in [2.24, 2.45) is 5.92 Å². The van der Waals surface area contributed by atoms with Crippen molar-refractivity contribution in [1.82, 2.24) is 20.1 Å². The van der Waals surface area contributed by atoms with Gasteiger partial charge < -0.3 is 10.1 Å². The Labute approximate surface area is 135 Å². The minimum absolute atomic E-state index is 0.171. The summed E-state index contributed by atoms with van der Waals surface area (Å²) in [6.45, 7) is 4.20. The first-order valence-electron chi connectivity index (χ1n) is 7.80. The molecular formula is C16H21N5O2. The number of pyridine rings is 1. The topological polar surface area (TPSA) is 81.1 Å². The largest absolute Gasteiger partial charge is 0.381 e. The van der Waals surface area contributed by atoms with Crippen molar-refractivity contribution in [3.05, 3.63) is 42.4 Å². The van der Waals surface area contributed by atoms with Gasteiger partial charge in [0.2, 0.25) is 0 Å². The van der Waals surface area contributed by atoms with Gasteiger partial charge in [-0.3, -0.25) is 10.3 Å². The molecule has 2 atom stereocenters. The number of hydrogen-bond donors (Lipinski definition) is 2. The second kappa shape index (κ2) is 7.23. The van der Waals surface area contributed by atoms with E-state index in [1.54, 1.807) is 18.5 Å². The van der Waals surface area contributed by atoms with Gasteiger partial charge in [-0.25, -0.2) is 9.48 Å². The van der Waals surface area contributed by atoms with E-state index in [2.05, 4.69) is 20.7 Å². The number of carbonyl (C=O) groups is 1. The van der Waals surface area contributed by atoms with Crippen molar-refractivity contribution in [3.8, 4) is 0 Å². The van der Waals surface area contributed by atoms with Crippen molar-refractivity contribution in [1.29, 1.82) is 0 Å². The Morgan fingerprint density at radius 3 is 3.09 bits per heavy atom. The molecule has 1 saturated heterocycles. The Morgan fingerprint density at radius 1 is 1.43 bits per heavy atom. The molecule has 7 heteroatoms. The number of ether oxygens (including phenoxy) is 1. The van der Waals surface area contributed by atoms with E-state index in [0.717, 1.165) is 31.9 Å². The number of aromatic nitrogens is 3. The predicted octanol–water partition coefficient (Wildman–Crippen LogP) is 2.20. The number of anilines is 1. The van der Waals surface area contributed by atoms with Crippen LogP contribution in [-0.4, -0.2) is 34.0 Å². The lowest BCUT2D eigenvalue weighted by Crippen LogP contribution is -2.32. The minimum atomic E-state index is -0.271. The van der Waals surface area contributed by atoms with Crippen LogP contribution in [0.4, 0.5) is 10.6 Å². The molecule has 0 aromatic carbocycles. The van der Waals surface area contributed by atoms with E-state index in [1.807, 2.05) is 29.8 Å². The van der Waals surface area contributed by atoms with E-state index in [1.165, 1.54) is 0 Å². The molecule has 1 aliphatic rings. The van der Waals surface area contributed by atoms with Crippen LogP contribution >= 0.6 is 0 Å². The average molecular weight is 315 g/mol.